The summed E-state index contributed by atoms with van der Waals surface area (Å²) in [6, 6.07) is 12.2. The molecule has 0 radical (unpaired) electrons. The molecule has 0 saturated heterocycles. The molecule has 33 heavy (non-hydrogen) atoms. The van der Waals surface area contributed by atoms with Crippen molar-refractivity contribution in [2.45, 2.75) is 58.0 Å². The molecule has 0 spiro atoms. The number of hydrogen-bond donors (Lipinski definition) is 0. The maximum atomic E-state index is 13.6. The van der Waals surface area contributed by atoms with Gasteiger partial charge in [0.15, 0.2) is 0 Å². The maximum absolute atomic E-state index is 13.6. The Kier molecular flexibility index (Phi) is 5.64. The molecular weight excluding hydrogens is 419 g/mol. The normalized spacial score (nSPS) is 19.1. The second-order valence-corrected chi connectivity index (χ2v) is 9.39. The molecule has 5 rings (SSSR count). The lowest BCUT2D eigenvalue weighted by Crippen LogP contribution is -2.24. The first-order valence-electron chi connectivity index (χ1n) is 11.8. The quantitative estimate of drug-likeness (QED) is 0.491. The van der Waals surface area contributed by atoms with E-state index in [-0.39, 0.29) is 11.5 Å². The van der Waals surface area contributed by atoms with Crippen molar-refractivity contribution in [1.29, 1.82) is 0 Å². The zero-order chi connectivity index (χ0) is 23.2. The molecule has 2 aromatic carbocycles. The first kappa shape index (κ1) is 21.9. The van der Waals surface area contributed by atoms with Gasteiger partial charge in [-0.2, -0.15) is 13.2 Å². The highest BCUT2D eigenvalue weighted by Gasteiger charge is 2.33. The Hall–Kier alpha value is -2.88. The number of pyridine rings is 1. The number of aromatic nitrogens is 1. The third-order valence-corrected chi connectivity index (χ3v) is 7.21. The van der Waals surface area contributed by atoms with Gasteiger partial charge in [0.2, 0.25) is 0 Å². The van der Waals surface area contributed by atoms with E-state index in [1.807, 2.05) is 0 Å². The Labute approximate surface area is 192 Å². The standard InChI is InChI=1S/C29H28F3N/c1-3-19-5-10-24-23(15-19)16-21(6-7-22-17-33-13-12-27(22)29(30,31)32)28-25-9-4-18(2)14-20(25)8-11-26(24)28/h5,8,10-18,21H,3-4,6-7,9H2,1-2H3. The van der Waals surface area contributed by atoms with Crippen molar-refractivity contribution in [3.8, 4) is 0 Å². The average Bonchev–Trinajstić information content (AvgIpc) is 2.81. The topological polar surface area (TPSA) is 12.9 Å². The van der Waals surface area contributed by atoms with E-state index in [0.29, 0.717) is 18.8 Å². The number of halogens is 3. The van der Waals surface area contributed by atoms with Gasteiger partial charge in [0.05, 0.1) is 5.56 Å². The van der Waals surface area contributed by atoms with Gasteiger partial charge >= 0.3 is 6.18 Å². The van der Waals surface area contributed by atoms with Crippen LogP contribution in [0.2, 0.25) is 0 Å². The molecule has 1 heterocycles. The molecule has 2 aliphatic carbocycles. The van der Waals surface area contributed by atoms with Crippen molar-refractivity contribution >= 4 is 12.2 Å². The van der Waals surface area contributed by atoms with E-state index in [2.05, 4.69) is 61.3 Å². The van der Waals surface area contributed by atoms with Crippen LogP contribution in [-0.4, -0.2) is 4.98 Å². The third kappa shape index (κ3) is 4.12. The largest absolute Gasteiger partial charge is 0.416 e. The predicted octanol–water partition coefficient (Wildman–Crippen LogP) is 5.82. The molecule has 0 aliphatic heterocycles. The molecule has 4 heteroatoms. The Bertz CT molecular complexity index is 1420. The van der Waals surface area contributed by atoms with E-state index in [0.717, 1.165) is 25.3 Å². The van der Waals surface area contributed by atoms with Crippen LogP contribution in [0.15, 0.2) is 48.8 Å². The van der Waals surface area contributed by atoms with E-state index in [9.17, 15) is 13.2 Å². The van der Waals surface area contributed by atoms with E-state index in [1.165, 1.54) is 50.0 Å². The molecule has 0 saturated carbocycles. The SMILES string of the molecule is CCc1ccc2c(c1)=CC(CCc1cnccc1C(F)(F)F)c1c3c(ccc1=2)=CC(C)CC3. The van der Waals surface area contributed by atoms with Gasteiger partial charge in [-0.25, -0.2) is 0 Å². The van der Waals surface area contributed by atoms with Crippen LogP contribution in [0, 0.1) is 16.4 Å². The average molecular weight is 448 g/mol. The molecule has 0 bridgehead atoms. The first-order chi connectivity index (χ1) is 15.8. The number of alkyl halides is 3. The predicted molar refractivity (Wildman–Crippen MR) is 126 cm³/mol. The number of aryl methyl sites for hydroxylation is 2. The fourth-order valence-corrected chi connectivity index (χ4v) is 5.49. The number of fused-ring (bicyclic) bond motifs is 4. The Morgan fingerprint density at radius 1 is 1.00 bits per heavy atom. The summed E-state index contributed by atoms with van der Waals surface area (Å²) in [5.74, 6) is 0.628. The zero-order valence-electron chi connectivity index (χ0n) is 19.0. The zero-order valence-corrected chi connectivity index (χ0v) is 19.0. The molecule has 1 aromatic heterocycles. The summed E-state index contributed by atoms with van der Waals surface area (Å²) in [7, 11) is 0. The van der Waals surface area contributed by atoms with Gasteiger partial charge in [0.1, 0.15) is 0 Å². The monoisotopic (exact) mass is 447 g/mol. The lowest BCUT2D eigenvalue weighted by Gasteiger charge is -2.25. The van der Waals surface area contributed by atoms with Crippen molar-refractivity contribution in [2.75, 3.05) is 0 Å². The molecule has 3 aromatic rings. The lowest BCUT2D eigenvalue weighted by atomic mass is 9.79. The summed E-state index contributed by atoms with van der Waals surface area (Å²) in [6.07, 6.45) is 6.94. The maximum Gasteiger partial charge on any atom is 0.416 e. The highest BCUT2D eigenvalue weighted by atomic mass is 19.4. The van der Waals surface area contributed by atoms with Crippen molar-refractivity contribution in [1.82, 2.24) is 4.98 Å². The van der Waals surface area contributed by atoms with Crippen molar-refractivity contribution in [3.63, 3.8) is 0 Å². The van der Waals surface area contributed by atoms with E-state index in [1.54, 1.807) is 0 Å². The van der Waals surface area contributed by atoms with Gasteiger partial charge in [0, 0.05) is 18.3 Å². The molecule has 2 atom stereocenters. The highest BCUT2D eigenvalue weighted by Crippen LogP contribution is 2.35. The van der Waals surface area contributed by atoms with E-state index in [4.69, 9.17) is 0 Å². The van der Waals surface area contributed by atoms with Crippen LogP contribution >= 0.6 is 0 Å². The van der Waals surface area contributed by atoms with Gasteiger partial charge in [0.25, 0.3) is 0 Å². The minimum Gasteiger partial charge on any atom is -0.264 e. The van der Waals surface area contributed by atoms with Crippen LogP contribution in [0.1, 0.15) is 60.4 Å². The molecule has 170 valence electrons. The van der Waals surface area contributed by atoms with Gasteiger partial charge in [-0.3, -0.25) is 4.98 Å². The van der Waals surface area contributed by atoms with Gasteiger partial charge < -0.3 is 0 Å². The van der Waals surface area contributed by atoms with Crippen LogP contribution in [0.4, 0.5) is 13.2 Å². The fourth-order valence-electron chi connectivity index (χ4n) is 5.49. The summed E-state index contributed by atoms with van der Waals surface area (Å²) in [5.41, 5.74) is 3.67. The van der Waals surface area contributed by atoms with Gasteiger partial charge in [-0.1, -0.05) is 56.3 Å². The molecule has 0 amide bonds. The Morgan fingerprint density at radius 3 is 2.61 bits per heavy atom. The van der Waals surface area contributed by atoms with Crippen LogP contribution in [0.3, 0.4) is 0 Å². The molecule has 0 fully saturated rings. The second-order valence-electron chi connectivity index (χ2n) is 9.39. The molecule has 2 unspecified atom stereocenters. The smallest absolute Gasteiger partial charge is 0.264 e. The van der Waals surface area contributed by atoms with Crippen LogP contribution in [-0.2, 0) is 25.4 Å². The van der Waals surface area contributed by atoms with Crippen molar-refractivity contribution in [3.05, 3.63) is 97.5 Å². The van der Waals surface area contributed by atoms with Crippen LogP contribution in [0.25, 0.3) is 12.2 Å². The lowest BCUT2D eigenvalue weighted by molar-refractivity contribution is -0.138. The summed E-state index contributed by atoms with van der Waals surface area (Å²) < 4.78 is 40.7. The summed E-state index contributed by atoms with van der Waals surface area (Å²) >= 11 is 0. The van der Waals surface area contributed by atoms with Crippen LogP contribution in [0.5, 0.6) is 0 Å². The minimum atomic E-state index is -4.36. The summed E-state index contributed by atoms with van der Waals surface area (Å²) in [4.78, 5) is 3.99. The fraction of sp³-hybridized carbons (Fsp3) is 0.345. The highest BCUT2D eigenvalue weighted by molar-refractivity contribution is 5.52. The van der Waals surface area contributed by atoms with Crippen molar-refractivity contribution < 1.29 is 13.2 Å². The number of hydrogen-bond acceptors (Lipinski definition) is 1. The van der Waals surface area contributed by atoms with E-state index >= 15 is 0 Å². The summed E-state index contributed by atoms with van der Waals surface area (Å²) in [5, 5.41) is 4.96. The van der Waals surface area contributed by atoms with Gasteiger partial charge in [-0.05, 0) is 87.2 Å². The second kappa shape index (κ2) is 8.48. The number of rotatable bonds is 4. The Morgan fingerprint density at radius 2 is 1.82 bits per heavy atom. The number of benzene rings is 2. The van der Waals surface area contributed by atoms with Crippen LogP contribution < -0.4 is 10.4 Å². The molecular formula is C29H28F3N. The number of nitrogens with zero attached hydrogens (tertiary/aromatic N) is 1. The Balaban J connectivity index is 1.65. The minimum absolute atomic E-state index is 0.0812. The molecule has 0 N–H and O–H groups in total. The first-order valence-corrected chi connectivity index (χ1v) is 11.8. The molecule has 1 nitrogen and oxygen atoms in total. The third-order valence-electron chi connectivity index (χ3n) is 7.21. The van der Waals surface area contributed by atoms with E-state index < -0.39 is 11.7 Å². The van der Waals surface area contributed by atoms with Gasteiger partial charge in [-0.15, -0.1) is 0 Å². The molecule has 2 aliphatic rings. The summed E-state index contributed by atoms with van der Waals surface area (Å²) in [6.45, 7) is 4.39. The van der Waals surface area contributed by atoms with Crippen molar-refractivity contribution in [2.24, 2.45) is 5.92 Å².